The van der Waals surface area contributed by atoms with E-state index in [0.29, 0.717) is 5.56 Å². The number of hydrogen-bond donors (Lipinski definition) is 0. The molecule has 0 aliphatic rings. The molecule has 0 aromatic carbocycles. The maximum absolute atomic E-state index is 12.0. The zero-order valence-corrected chi connectivity index (χ0v) is 11.3. The van der Waals surface area contributed by atoms with E-state index in [1.165, 1.54) is 6.20 Å². The lowest BCUT2D eigenvalue weighted by Crippen LogP contribution is -2.19. The van der Waals surface area contributed by atoms with Crippen molar-refractivity contribution < 1.29 is 17.9 Å². The van der Waals surface area contributed by atoms with E-state index in [-0.39, 0.29) is 5.33 Å². The Morgan fingerprint density at radius 1 is 1.53 bits per heavy atom. The van der Waals surface area contributed by atoms with E-state index in [2.05, 4.69) is 25.7 Å². The summed E-state index contributed by atoms with van der Waals surface area (Å²) in [4.78, 5) is 3.62. The second-order valence-corrected chi connectivity index (χ2v) is 4.42. The van der Waals surface area contributed by atoms with Crippen LogP contribution in [-0.4, -0.2) is 11.3 Å². The molecule has 0 unspecified atom stereocenters. The lowest BCUT2D eigenvalue weighted by molar-refractivity contribution is -0.276. The van der Waals surface area contributed by atoms with Crippen LogP contribution >= 0.6 is 38.5 Å². The Bertz CT molecular complexity index is 370. The summed E-state index contributed by atoms with van der Waals surface area (Å²) in [6.45, 7) is 1.73. The third-order valence-corrected chi connectivity index (χ3v) is 3.36. The quantitative estimate of drug-likeness (QED) is 0.561. The van der Waals surface area contributed by atoms with Crippen molar-refractivity contribution in [2.45, 2.75) is 18.6 Å². The van der Waals surface area contributed by atoms with Gasteiger partial charge in [-0.25, -0.2) is 4.98 Å². The molecule has 0 amide bonds. The second kappa shape index (κ2) is 4.86. The van der Waals surface area contributed by atoms with Gasteiger partial charge in [-0.2, -0.15) is 0 Å². The van der Waals surface area contributed by atoms with Gasteiger partial charge in [-0.1, -0.05) is 15.9 Å². The minimum absolute atomic E-state index is 0.272. The lowest BCUT2D eigenvalue weighted by atomic mass is 10.2. The SMILES string of the molecule is Cc1c(I)cnc(OC(F)(F)F)c1CBr. The average Bonchev–Trinajstić information content (AvgIpc) is 2.10. The highest BCUT2D eigenvalue weighted by atomic mass is 127. The predicted octanol–water partition coefficient (Wildman–Crippen LogP) is 3.79. The summed E-state index contributed by atoms with van der Waals surface area (Å²) in [5, 5.41) is 0.272. The monoisotopic (exact) mass is 395 g/mol. The summed E-state index contributed by atoms with van der Waals surface area (Å²) in [5.74, 6) is -0.391. The van der Waals surface area contributed by atoms with E-state index in [0.717, 1.165) is 9.13 Å². The smallest absolute Gasteiger partial charge is 0.388 e. The fourth-order valence-corrected chi connectivity index (χ4v) is 2.07. The molecule has 0 atom stereocenters. The van der Waals surface area contributed by atoms with Gasteiger partial charge in [-0.3, -0.25) is 0 Å². The van der Waals surface area contributed by atoms with Crippen LogP contribution in [0.4, 0.5) is 13.2 Å². The van der Waals surface area contributed by atoms with E-state index < -0.39 is 12.2 Å². The number of aromatic nitrogens is 1. The Balaban J connectivity index is 3.14. The van der Waals surface area contributed by atoms with Crippen LogP contribution in [0.3, 0.4) is 0 Å². The number of alkyl halides is 4. The van der Waals surface area contributed by atoms with Crippen molar-refractivity contribution in [3.63, 3.8) is 0 Å². The molecule has 0 fully saturated rings. The molecule has 0 aliphatic carbocycles. The van der Waals surface area contributed by atoms with Crippen molar-refractivity contribution in [1.82, 2.24) is 4.98 Å². The molecular formula is C8H6BrF3INO. The lowest BCUT2D eigenvalue weighted by Gasteiger charge is -2.13. The molecule has 1 aromatic rings. The first-order valence-electron chi connectivity index (χ1n) is 3.81. The normalized spacial score (nSPS) is 11.6. The Morgan fingerprint density at radius 2 is 2.13 bits per heavy atom. The Morgan fingerprint density at radius 3 is 2.60 bits per heavy atom. The van der Waals surface area contributed by atoms with Crippen LogP contribution < -0.4 is 4.74 Å². The highest BCUT2D eigenvalue weighted by Crippen LogP contribution is 2.29. The van der Waals surface area contributed by atoms with Gasteiger partial charge in [0.15, 0.2) is 0 Å². The van der Waals surface area contributed by atoms with E-state index in [1.54, 1.807) is 6.92 Å². The highest BCUT2D eigenvalue weighted by Gasteiger charge is 2.33. The molecular weight excluding hydrogens is 390 g/mol. The molecule has 84 valence electrons. The van der Waals surface area contributed by atoms with Crippen LogP contribution in [0.1, 0.15) is 11.1 Å². The molecule has 0 saturated carbocycles. The van der Waals surface area contributed by atoms with Crippen LogP contribution in [-0.2, 0) is 5.33 Å². The van der Waals surface area contributed by atoms with Gasteiger partial charge in [0, 0.05) is 20.7 Å². The molecule has 1 aromatic heterocycles. The molecule has 0 N–H and O–H groups in total. The zero-order chi connectivity index (χ0) is 11.6. The largest absolute Gasteiger partial charge is 0.574 e. The van der Waals surface area contributed by atoms with Gasteiger partial charge in [0.2, 0.25) is 5.88 Å². The summed E-state index contributed by atoms with van der Waals surface area (Å²) < 4.78 is 40.6. The molecule has 1 heterocycles. The molecule has 0 bridgehead atoms. The van der Waals surface area contributed by atoms with Gasteiger partial charge >= 0.3 is 6.36 Å². The van der Waals surface area contributed by atoms with Crippen LogP contribution in [0.5, 0.6) is 5.88 Å². The van der Waals surface area contributed by atoms with Crippen LogP contribution in [0.25, 0.3) is 0 Å². The maximum Gasteiger partial charge on any atom is 0.574 e. The first-order valence-corrected chi connectivity index (χ1v) is 6.01. The molecule has 0 aliphatic heterocycles. The number of pyridine rings is 1. The van der Waals surface area contributed by atoms with Crippen molar-refractivity contribution in [3.05, 3.63) is 20.9 Å². The average molecular weight is 396 g/mol. The standard InChI is InChI=1S/C8H6BrF3INO/c1-4-5(2-9)7(14-3-6(4)13)15-8(10,11)12/h3H,2H2,1H3. The fraction of sp³-hybridized carbons (Fsp3) is 0.375. The Kier molecular flexibility index (Phi) is 4.21. The van der Waals surface area contributed by atoms with E-state index in [1.807, 2.05) is 22.6 Å². The van der Waals surface area contributed by atoms with Crippen molar-refractivity contribution in [2.75, 3.05) is 0 Å². The summed E-state index contributed by atoms with van der Waals surface area (Å²) in [6.07, 6.45) is -3.35. The predicted molar refractivity (Wildman–Crippen MR) is 61.0 cm³/mol. The van der Waals surface area contributed by atoms with Gasteiger partial charge in [0.05, 0.1) is 0 Å². The van der Waals surface area contributed by atoms with Crippen molar-refractivity contribution in [2.24, 2.45) is 0 Å². The molecule has 0 radical (unpaired) electrons. The second-order valence-electron chi connectivity index (χ2n) is 2.70. The summed E-state index contributed by atoms with van der Waals surface area (Å²) >= 11 is 5.12. The Labute approximate surface area is 106 Å². The summed E-state index contributed by atoms with van der Waals surface area (Å²) in [5.41, 5.74) is 1.15. The number of nitrogens with zero attached hydrogens (tertiary/aromatic N) is 1. The van der Waals surface area contributed by atoms with Gasteiger partial charge in [-0.05, 0) is 35.1 Å². The first-order chi connectivity index (χ1) is 6.85. The zero-order valence-electron chi connectivity index (χ0n) is 7.53. The fourth-order valence-electron chi connectivity index (χ4n) is 0.950. The molecule has 2 nitrogen and oxygen atoms in total. The number of hydrogen-bond acceptors (Lipinski definition) is 2. The minimum atomic E-state index is -4.71. The van der Waals surface area contributed by atoms with Crippen molar-refractivity contribution >= 4 is 38.5 Å². The number of ether oxygens (including phenoxy) is 1. The molecule has 0 spiro atoms. The third kappa shape index (κ3) is 3.47. The maximum atomic E-state index is 12.0. The Hall–Kier alpha value is -0.0500. The van der Waals surface area contributed by atoms with E-state index in [9.17, 15) is 13.2 Å². The van der Waals surface area contributed by atoms with Crippen LogP contribution in [0.15, 0.2) is 6.20 Å². The summed E-state index contributed by atoms with van der Waals surface area (Å²) in [6, 6.07) is 0. The summed E-state index contributed by atoms with van der Waals surface area (Å²) in [7, 11) is 0. The van der Waals surface area contributed by atoms with Crippen LogP contribution in [0, 0.1) is 10.5 Å². The molecule has 7 heteroatoms. The number of halogens is 5. The van der Waals surface area contributed by atoms with Crippen molar-refractivity contribution in [3.8, 4) is 5.88 Å². The minimum Gasteiger partial charge on any atom is -0.388 e. The van der Waals surface area contributed by atoms with Gasteiger partial charge in [0.25, 0.3) is 0 Å². The number of rotatable bonds is 2. The molecule has 1 rings (SSSR count). The van der Waals surface area contributed by atoms with E-state index in [4.69, 9.17) is 0 Å². The molecule has 0 saturated heterocycles. The van der Waals surface area contributed by atoms with Gasteiger partial charge in [-0.15, -0.1) is 13.2 Å². The van der Waals surface area contributed by atoms with Gasteiger partial charge in [0.1, 0.15) is 0 Å². The van der Waals surface area contributed by atoms with Crippen molar-refractivity contribution in [1.29, 1.82) is 0 Å². The third-order valence-electron chi connectivity index (χ3n) is 1.71. The van der Waals surface area contributed by atoms with Crippen LogP contribution in [0.2, 0.25) is 0 Å². The van der Waals surface area contributed by atoms with E-state index >= 15 is 0 Å². The molecule has 15 heavy (non-hydrogen) atoms. The topological polar surface area (TPSA) is 22.1 Å². The first kappa shape index (κ1) is 13.0. The highest BCUT2D eigenvalue weighted by molar-refractivity contribution is 14.1. The van der Waals surface area contributed by atoms with Gasteiger partial charge < -0.3 is 4.74 Å².